The van der Waals surface area contributed by atoms with E-state index in [0.717, 1.165) is 62.5 Å². The predicted molar refractivity (Wildman–Crippen MR) is 161 cm³/mol. The highest BCUT2D eigenvalue weighted by Crippen LogP contribution is 2.45. The average molecular weight is 636 g/mol. The van der Waals surface area contributed by atoms with Crippen LogP contribution in [-0.4, -0.2) is 86.6 Å². The molecule has 2 aromatic rings. The minimum atomic E-state index is -4.58. The van der Waals surface area contributed by atoms with Gasteiger partial charge in [-0.1, -0.05) is 32.1 Å². The highest BCUT2D eigenvalue weighted by atomic mass is 32.1. The van der Waals surface area contributed by atoms with Crippen LogP contribution in [0.1, 0.15) is 93.9 Å². The Labute approximate surface area is 261 Å². The Hall–Kier alpha value is -2.51. The number of alkyl halides is 3. The summed E-state index contributed by atoms with van der Waals surface area (Å²) in [5.41, 5.74) is 0.811. The zero-order chi connectivity index (χ0) is 30.7. The molecule has 44 heavy (non-hydrogen) atoms. The van der Waals surface area contributed by atoms with Gasteiger partial charge >= 0.3 is 6.18 Å². The summed E-state index contributed by atoms with van der Waals surface area (Å²) in [5, 5.41) is 14.5. The number of nitrogens with zero attached hydrogens (tertiary/aromatic N) is 6. The van der Waals surface area contributed by atoms with Crippen molar-refractivity contribution in [3.8, 4) is 0 Å². The molecule has 1 unspecified atom stereocenters. The normalized spacial score (nSPS) is 22.6. The lowest BCUT2D eigenvalue weighted by atomic mass is 9.78. The smallest absolute Gasteiger partial charge is 0.354 e. The Bertz CT molecular complexity index is 1260. The van der Waals surface area contributed by atoms with Crippen molar-refractivity contribution in [1.29, 1.82) is 0 Å². The SMILES string of the molecule is O=C(CC1(CC(=O)N2CCn3c(nnc3C(F)(F)F)C2)CCCC1)NCC(c1ccsc1)N1CCN(C2CCCCC2)CC1. The molecule has 2 aliphatic heterocycles. The Morgan fingerprint density at radius 2 is 1.73 bits per heavy atom. The third kappa shape index (κ3) is 7.14. The summed E-state index contributed by atoms with van der Waals surface area (Å²) in [4.78, 5) is 33.6. The number of carbonyl (C=O) groups excluding carboxylic acids is 2. The van der Waals surface area contributed by atoms with Crippen molar-refractivity contribution in [3.63, 3.8) is 0 Å². The number of piperazine rings is 1. The molecule has 0 radical (unpaired) electrons. The van der Waals surface area contributed by atoms with Gasteiger partial charge in [-0.3, -0.25) is 19.4 Å². The maximum Gasteiger partial charge on any atom is 0.451 e. The van der Waals surface area contributed by atoms with Gasteiger partial charge < -0.3 is 14.8 Å². The highest BCUT2D eigenvalue weighted by Gasteiger charge is 2.42. The van der Waals surface area contributed by atoms with Crippen LogP contribution in [0.5, 0.6) is 0 Å². The first-order chi connectivity index (χ1) is 21.2. The van der Waals surface area contributed by atoms with Crippen molar-refractivity contribution in [1.82, 2.24) is 34.8 Å². The van der Waals surface area contributed by atoms with Gasteiger partial charge in [-0.2, -0.15) is 24.5 Å². The number of aromatic nitrogens is 3. The van der Waals surface area contributed by atoms with Crippen LogP contribution >= 0.6 is 11.3 Å². The number of halogens is 3. The molecular weight excluding hydrogens is 591 g/mol. The second-order valence-electron chi connectivity index (χ2n) is 13.2. The summed E-state index contributed by atoms with van der Waals surface area (Å²) in [7, 11) is 0. The van der Waals surface area contributed by atoms with Crippen LogP contribution in [0, 0.1) is 5.41 Å². The van der Waals surface area contributed by atoms with Crippen LogP contribution in [0.15, 0.2) is 16.8 Å². The number of rotatable bonds is 9. The van der Waals surface area contributed by atoms with Gasteiger partial charge in [-0.15, -0.1) is 10.2 Å². The molecule has 1 atom stereocenters. The molecule has 4 heterocycles. The standard InChI is InChI=1S/C31H44F3N7O2S/c32-31(33,34)29-37-36-26-21-40(15-16-41(26)29)28(43)19-30(9-4-5-10-30)18-27(42)35-20-25(23-8-17-44-22-23)39-13-11-38(12-14-39)24-6-2-1-3-7-24/h8,17,22,24-25H,1-7,9-16,18-21H2,(H,35,42). The molecule has 3 fully saturated rings. The number of nitrogens with one attached hydrogen (secondary N) is 1. The predicted octanol–water partition coefficient (Wildman–Crippen LogP) is 4.85. The zero-order valence-corrected chi connectivity index (χ0v) is 26.2. The number of hydrogen-bond acceptors (Lipinski definition) is 7. The quantitative estimate of drug-likeness (QED) is 0.424. The van der Waals surface area contributed by atoms with E-state index < -0.39 is 17.4 Å². The first kappa shape index (κ1) is 31.5. The van der Waals surface area contributed by atoms with Gasteiger partial charge in [-0.05, 0) is 53.5 Å². The van der Waals surface area contributed by atoms with Crippen LogP contribution in [-0.2, 0) is 28.9 Å². The maximum absolute atomic E-state index is 13.4. The molecular formula is C31H44F3N7O2S. The molecule has 2 aromatic heterocycles. The number of amides is 2. The molecule has 9 nitrogen and oxygen atoms in total. The van der Waals surface area contributed by atoms with Crippen molar-refractivity contribution in [2.24, 2.45) is 5.41 Å². The van der Waals surface area contributed by atoms with Crippen molar-refractivity contribution in [2.75, 3.05) is 39.3 Å². The lowest BCUT2D eigenvalue weighted by Gasteiger charge is -2.43. The molecule has 0 aromatic carbocycles. The van der Waals surface area contributed by atoms with Gasteiger partial charge in [0.1, 0.15) is 0 Å². The van der Waals surface area contributed by atoms with E-state index in [9.17, 15) is 22.8 Å². The number of fused-ring (bicyclic) bond motifs is 1. The van der Waals surface area contributed by atoms with Crippen molar-refractivity contribution in [3.05, 3.63) is 34.0 Å². The Kier molecular flexibility index (Phi) is 9.63. The van der Waals surface area contributed by atoms with Crippen LogP contribution in [0.4, 0.5) is 13.2 Å². The fourth-order valence-electron chi connectivity index (χ4n) is 7.95. The first-order valence-electron chi connectivity index (χ1n) is 16.2. The summed E-state index contributed by atoms with van der Waals surface area (Å²) in [6.45, 7) is 4.82. The Morgan fingerprint density at radius 1 is 0.977 bits per heavy atom. The lowest BCUT2D eigenvalue weighted by Crippen LogP contribution is -2.53. The van der Waals surface area contributed by atoms with Crippen LogP contribution < -0.4 is 5.32 Å². The molecule has 13 heteroatoms. The van der Waals surface area contributed by atoms with Gasteiger partial charge in [-0.25, -0.2) is 0 Å². The molecule has 0 spiro atoms. The largest absolute Gasteiger partial charge is 0.451 e. The van der Waals surface area contributed by atoms with E-state index >= 15 is 0 Å². The summed E-state index contributed by atoms with van der Waals surface area (Å²) in [6.07, 6.45) is 6.11. The molecule has 0 bridgehead atoms. The third-order valence-electron chi connectivity index (χ3n) is 10.4. The van der Waals surface area contributed by atoms with E-state index in [2.05, 4.69) is 42.1 Å². The summed E-state index contributed by atoms with van der Waals surface area (Å²) in [5.74, 6) is -1.03. The zero-order valence-electron chi connectivity index (χ0n) is 25.4. The van der Waals surface area contributed by atoms with Crippen molar-refractivity contribution < 1.29 is 22.8 Å². The van der Waals surface area contributed by atoms with Crippen molar-refractivity contribution in [2.45, 2.75) is 102 Å². The summed E-state index contributed by atoms with van der Waals surface area (Å²) in [6, 6.07) is 2.99. The van der Waals surface area contributed by atoms with E-state index in [1.54, 1.807) is 16.2 Å². The first-order valence-corrected chi connectivity index (χ1v) is 17.2. The molecule has 242 valence electrons. The number of carbonyl (C=O) groups is 2. The third-order valence-corrected chi connectivity index (χ3v) is 11.1. The van der Waals surface area contributed by atoms with Gasteiger partial charge in [0.05, 0.1) is 12.6 Å². The molecule has 1 saturated heterocycles. The molecule has 2 saturated carbocycles. The van der Waals surface area contributed by atoms with Gasteiger partial charge in [0, 0.05) is 64.7 Å². The average Bonchev–Trinajstić information content (AvgIpc) is 3.79. The van der Waals surface area contributed by atoms with E-state index in [0.29, 0.717) is 6.54 Å². The van der Waals surface area contributed by atoms with Gasteiger partial charge in [0.2, 0.25) is 17.6 Å². The number of hydrogen-bond donors (Lipinski definition) is 1. The number of thiophene rings is 1. The Morgan fingerprint density at radius 3 is 2.41 bits per heavy atom. The fraction of sp³-hybridized carbons (Fsp3) is 0.742. The highest BCUT2D eigenvalue weighted by molar-refractivity contribution is 7.08. The Balaban J connectivity index is 1.04. The molecule has 4 aliphatic rings. The van der Waals surface area contributed by atoms with Crippen LogP contribution in [0.3, 0.4) is 0 Å². The van der Waals surface area contributed by atoms with E-state index in [-0.39, 0.29) is 56.2 Å². The van der Waals surface area contributed by atoms with Crippen molar-refractivity contribution >= 4 is 23.2 Å². The molecule has 6 rings (SSSR count). The topological polar surface area (TPSA) is 86.6 Å². The lowest BCUT2D eigenvalue weighted by molar-refractivity contribution is -0.148. The molecule has 2 aliphatic carbocycles. The minimum Gasteiger partial charge on any atom is -0.354 e. The molecule has 1 N–H and O–H groups in total. The van der Waals surface area contributed by atoms with E-state index in [4.69, 9.17) is 0 Å². The van der Waals surface area contributed by atoms with Crippen LogP contribution in [0.2, 0.25) is 0 Å². The fourth-order valence-corrected chi connectivity index (χ4v) is 8.66. The maximum atomic E-state index is 13.4. The van der Waals surface area contributed by atoms with E-state index in [1.807, 2.05) is 0 Å². The molecule has 2 amide bonds. The van der Waals surface area contributed by atoms with Crippen LogP contribution in [0.25, 0.3) is 0 Å². The second kappa shape index (κ2) is 13.5. The summed E-state index contributed by atoms with van der Waals surface area (Å²) >= 11 is 1.68. The minimum absolute atomic E-state index is 0.000517. The van der Waals surface area contributed by atoms with E-state index in [1.165, 1.54) is 37.7 Å². The van der Waals surface area contributed by atoms with Gasteiger partial charge in [0.15, 0.2) is 5.82 Å². The monoisotopic (exact) mass is 635 g/mol. The summed E-state index contributed by atoms with van der Waals surface area (Å²) < 4.78 is 40.8. The second-order valence-corrected chi connectivity index (χ2v) is 14.0. The van der Waals surface area contributed by atoms with Gasteiger partial charge in [0.25, 0.3) is 0 Å².